The minimum atomic E-state index is -1.84. The van der Waals surface area contributed by atoms with Crippen LogP contribution in [0.15, 0.2) is 11.1 Å². The van der Waals surface area contributed by atoms with E-state index in [4.69, 9.17) is 4.43 Å². The Morgan fingerprint density at radius 3 is 2.28 bits per heavy atom. The lowest BCUT2D eigenvalue weighted by atomic mass is 9.49. The molecule has 0 aromatic rings. The van der Waals surface area contributed by atoms with E-state index in [1.54, 1.807) is 0 Å². The highest BCUT2D eigenvalue weighted by Gasteiger charge is 2.64. The molecule has 0 aliphatic heterocycles. The molecule has 0 spiro atoms. The fraction of sp³-hybridized carbons (Fsp3) is 0.905. The lowest BCUT2D eigenvalue weighted by Gasteiger charge is -2.61. The van der Waals surface area contributed by atoms with Crippen molar-refractivity contribution in [1.82, 2.24) is 0 Å². The summed E-state index contributed by atoms with van der Waals surface area (Å²) >= 11 is 0. The molecule has 0 aromatic heterocycles. The summed E-state index contributed by atoms with van der Waals surface area (Å²) in [6.07, 6.45) is 2.84. The molecule has 1 unspecified atom stereocenters. The van der Waals surface area contributed by atoms with Crippen molar-refractivity contribution in [3.05, 3.63) is 11.1 Å². The Labute approximate surface area is 155 Å². The second-order valence-electron chi connectivity index (χ2n) is 11.3. The van der Waals surface area contributed by atoms with Gasteiger partial charge in [0, 0.05) is 5.41 Å². The molecule has 3 rings (SSSR count). The van der Waals surface area contributed by atoms with Gasteiger partial charge in [-0.15, -0.1) is 0 Å². The minimum Gasteiger partial charge on any atom is -0.413 e. The predicted octanol–water partition coefficient (Wildman–Crippen LogP) is 4.50. The van der Waals surface area contributed by atoms with Crippen LogP contribution in [-0.4, -0.2) is 37.3 Å². The van der Waals surface area contributed by atoms with Crippen molar-refractivity contribution in [3.63, 3.8) is 0 Å². The maximum Gasteiger partial charge on any atom is 0.192 e. The Hall–Kier alpha value is -0.163. The molecular weight excluding hydrogens is 328 g/mol. The lowest BCUT2D eigenvalue weighted by Crippen LogP contribution is -2.61. The molecule has 0 radical (unpaired) electrons. The van der Waals surface area contributed by atoms with Crippen molar-refractivity contribution in [3.8, 4) is 0 Å². The molecule has 5 atom stereocenters. The summed E-state index contributed by atoms with van der Waals surface area (Å²) < 4.78 is 6.86. The van der Waals surface area contributed by atoms with E-state index < -0.39 is 14.4 Å². The second-order valence-corrected chi connectivity index (χ2v) is 16.1. The van der Waals surface area contributed by atoms with E-state index in [0.717, 1.165) is 24.8 Å². The van der Waals surface area contributed by atoms with E-state index in [1.807, 2.05) is 0 Å². The van der Waals surface area contributed by atoms with Gasteiger partial charge < -0.3 is 14.6 Å². The van der Waals surface area contributed by atoms with Crippen LogP contribution < -0.4 is 0 Å². The van der Waals surface area contributed by atoms with Gasteiger partial charge >= 0.3 is 0 Å². The average Bonchev–Trinajstić information content (AvgIpc) is 2.79. The van der Waals surface area contributed by atoms with Crippen LogP contribution in [0, 0.1) is 22.7 Å². The topological polar surface area (TPSA) is 49.7 Å². The van der Waals surface area contributed by atoms with Crippen LogP contribution in [0.1, 0.15) is 60.8 Å². The summed E-state index contributed by atoms with van der Waals surface area (Å²) in [5.74, 6) is 0.725. The smallest absolute Gasteiger partial charge is 0.192 e. The first-order valence-corrected chi connectivity index (χ1v) is 12.8. The van der Waals surface area contributed by atoms with Crippen molar-refractivity contribution in [2.75, 3.05) is 6.61 Å². The van der Waals surface area contributed by atoms with Gasteiger partial charge in [0.1, 0.15) is 0 Å². The molecular formula is C21H38O3Si. The summed E-state index contributed by atoms with van der Waals surface area (Å²) in [7, 11) is -1.84. The first kappa shape index (κ1) is 19.6. The van der Waals surface area contributed by atoms with Crippen LogP contribution in [0.4, 0.5) is 0 Å². The van der Waals surface area contributed by atoms with Crippen LogP contribution in [-0.2, 0) is 4.43 Å². The Kier molecular flexibility index (Phi) is 4.44. The Balaban J connectivity index is 1.96. The monoisotopic (exact) mass is 366 g/mol. The van der Waals surface area contributed by atoms with Gasteiger partial charge in [0.15, 0.2) is 8.32 Å². The van der Waals surface area contributed by atoms with Crippen molar-refractivity contribution in [2.45, 2.75) is 91.1 Å². The van der Waals surface area contributed by atoms with Crippen LogP contribution in [0.25, 0.3) is 0 Å². The molecule has 0 heterocycles. The van der Waals surface area contributed by atoms with E-state index in [1.165, 1.54) is 5.57 Å². The SMILES string of the molecule is CC1(C)C[C@H]2[C@H](O)C(CO)=C3C[C@@H](O[Si](C)(C)C(C)(C)C)C3(C)[C@H]2C1. The van der Waals surface area contributed by atoms with Gasteiger partial charge in [-0.25, -0.2) is 0 Å². The fourth-order valence-corrected chi connectivity index (χ4v) is 6.93. The fourth-order valence-electron chi connectivity index (χ4n) is 5.54. The quantitative estimate of drug-likeness (QED) is 0.571. The highest BCUT2D eigenvalue weighted by atomic mass is 28.4. The molecule has 0 aromatic carbocycles. The third-order valence-electron chi connectivity index (χ3n) is 8.12. The maximum absolute atomic E-state index is 10.9. The summed E-state index contributed by atoms with van der Waals surface area (Å²) in [6, 6.07) is 0. The molecule has 0 amide bonds. The number of aliphatic hydroxyl groups excluding tert-OH is 2. The second kappa shape index (κ2) is 5.67. The predicted molar refractivity (Wildman–Crippen MR) is 105 cm³/mol. The summed E-state index contributed by atoms with van der Waals surface area (Å²) in [5.41, 5.74) is 2.44. The average molecular weight is 367 g/mol. The number of hydrogen-bond donors (Lipinski definition) is 2. The molecule has 2 fully saturated rings. The van der Waals surface area contributed by atoms with Crippen LogP contribution in [0.5, 0.6) is 0 Å². The highest BCUT2D eigenvalue weighted by molar-refractivity contribution is 6.74. The Morgan fingerprint density at radius 2 is 1.76 bits per heavy atom. The maximum atomic E-state index is 10.9. The van der Waals surface area contributed by atoms with E-state index in [0.29, 0.717) is 5.92 Å². The van der Waals surface area contributed by atoms with Gasteiger partial charge in [0.25, 0.3) is 0 Å². The van der Waals surface area contributed by atoms with Gasteiger partial charge in [-0.2, -0.15) is 0 Å². The van der Waals surface area contributed by atoms with Crippen molar-refractivity contribution >= 4 is 8.32 Å². The van der Waals surface area contributed by atoms with Gasteiger partial charge in [0.05, 0.1) is 18.8 Å². The zero-order valence-corrected chi connectivity index (χ0v) is 18.4. The van der Waals surface area contributed by atoms with Crippen molar-refractivity contribution in [1.29, 1.82) is 0 Å². The summed E-state index contributed by atoms with van der Waals surface area (Å²) in [5, 5.41) is 21.1. The zero-order valence-electron chi connectivity index (χ0n) is 17.4. The van der Waals surface area contributed by atoms with E-state index >= 15 is 0 Å². The van der Waals surface area contributed by atoms with Gasteiger partial charge in [-0.05, 0) is 60.2 Å². The molecule has 3 aliphatic carbocycles. The van der Waals surface area contributed by atoms with Gasteiger partial charge in [-0.1, -0.05) is 47.1 Å². The van der Waals surface area contributed by atoms with E-state index in [-0.39, 0.29) is 34.5 Å². The normalized spacial score (nSPS) is 40.6. The van der Waals surface area contributed by atoms with Crippen molar-refractivity contribution in [2.24, 2.45) is 22.7 Å². The van der Waals surface area contributed by atoms with Gasteiger partial charge in [-0.3, -0.25) is 0 Å². The number of fused-ring (bicyclic) bond motifs is 3. The van der Waals surface area contributed by atoms with E-state index in [2.05, 4.69) is 54.6 Å². The molecule has 2 saturated carbocycles. The molecule has 4 heteroatoms. The standard InChI is InChI=1S/C21H38O3Si/c1-19(2,3)25(7,8)24-17-9-15-14(12-22)18(23)13-10-20(4,5)11-16(13)21(15,17)6/h13,16-18,22-23H,9-12H2,1-8H3/t13-,16+,17-,18+,21?/m1/s1. The third-order valence-corrected chi connectivity index (χ3v) is 12.6. The zero-order chi connectivity index (χ0) is 19.0. The lowest BCUT2D eigenvalue weighted by molar-refractivity contribution is -0.0744. The summed E-state index contributed by atoms with van der Waals surface area (Å²) in [4.78, 5) is 0. The van der Waals surface area contributed by atoms with Gasteiger partial charge in [0.2, 0.25) is 0 Å². The Morgan fingerprint density at radius 1 is 1.16 bits per heavy atom. The molecule has 0 saturated heterocycles. The highest BCUT2D eigenvalue weighted by Crippen LogP contribution is 2.67. The largest absolute Gasteiger partial charge is 0.413 e. The van der Waals surface area contributed by atoms with Crippen molar-refractivity contribution < 1.29 is 14.6 Å². The molecule has 25 heavy (non-hydrogen) atoms. The van der Waals surface area contributed by atoms with Crippen LogP contribution in [0.2, 0.25) is 18.1 Å². The first-order valence-electron chi connectivity index (χ1n) is 9.94. The minimum absolute atomic E-state index is 0.00868. The number of aliphatic hydroxyl groups is 2. The van der Waals surface area contributed by atoms with E-state index in [9.17, 15) is 10.2 Å². The number of hydrogen-bond acceptors (Lipinski definition) is 3. The Bertz CT molecular complexity index is 586. The first-order chi connectivity index (χ1) is 11.2. The van der Waals surface area contributed by atoms with Crippen LogP contribution >= 0.6 is 0 Å². The van der Waals surface area contributed by atoms with Crippen LogP contribution in [0.3, 0.4) is 0 Å². The molecule has 144 valence electrons. The number of rotatable bonds is 3. The molecule has 3 nitrogen and oxygen atoms in total. The molecule has 2 N–H and O–H groups in total. The summed E-state index contributed by atoms with van der Waals surface area (Å²) in [6.45, 7) is 18.5. The molecule has 3 aliphatic rings. The third kappa shape index (κ3) is 2.79. The molecule has 0 bridgehead atoms.